The van der Waals surface area contributed by atoms with Crippen LogP contribution in [-0.2, 0) is 23.9 Å². The summed E-state index contributed by atoms with van der Waals surface area (Å²) in [6.45, 7) is 6.00. The Hall–Kier alpha value is -0.690. The van der Waals surface area contributed by atoms with Crippen LogP contribution in [0.1, 0.15) is 72.1 Å². The van der Waals surface area contributed by atoms with Gasteiger partial charge in [-0.1, -0.05) is 32.6 Å². The number of ether oxygens (including phenoxy) is 3. The van der Waals surface area contributed by atoms with E-state index in [4.69, 9.17) is 19.5 Å². The van der Waals surface area contributed by atoms with Crippen molar-refractivity contribution in [1.29, 1.82) is 0 Å². The van der Waals surface area contributed by atoms with Gasteiger partial charge in [0.05, 0.1) is 13.2 Å². The number of methoxy groups -OCH3 is 1. The van der Waals surface area contributed by atoms with E-state index < -0.39 is 5.79 Å². The van der Waals surface area contributed by atoms with Gasteiger partial charge in [0.25, 0.3) is 0 Å². The van der Waals surface area contributed by atoms with Crippen molar-refractivity contribution in [2.75, 3.05) is 20.3 Å². The van der Waals surface area contributed by atoms with Gasteiger partial charge in [0.15, 0.2) is 5.79 Å². The molecule has 0 rings (SSSR count). The first-order chi connectivity index (χ1) is 11.0. The van der Waals surface area contributed by atoms with Crippen LogP contribution in [0.25, 0.3) is 0 Å². The van der Waals surface area contributed by atoms with Crippen LogP contribution >= 0.6 is 0 Å². The molecule has 2 atom stereocenters. The molecule has 6 heteroatoms. The topological polar surface area (TPSA) is 74.2 Å². The number of hydrogen-bond donors (Lipinski definition) is 1. The molecule has 23 heavy (non-hydrogen) atoms. The number of unbranched alkanes of at least 4 members (excludes halogenated alkanes) is 4. The Morgan fingerprint density at radius 3 is 2.39 bits per heavy atom. The summed E-state index contributed by atoms with van der Waals surface area (Å²) in [5, 5.41) is 9.08. The highest BCUT2D eigenvalue weighted by Gasteiger charge is 2.28. The average molecular weight is 334 g/mol. The van der Waals surface area contributed by atoms with Gasteiger partial charge in [-0.2, -0.15) is 0 Å². The molecule has 0 aliphatic heterocycles. The Bertz CT molecular complexity index is 297. The zero-order valence-corrected chi connectivity index (χ0v) is 15.1. The molecule has 0 radical (unpaired) electrons. The van der Waals surface area contributed by atoms with Crippen molar-refractivity contribution in [3.05, 3.63) is 0 Å². The summed E-state index contributed by atoms with van der Waals surface area (Å²) in [7, 11) is 1.58. The van der Waals surface area contributed by atoms with Crippen molar-refractivity contribution in [3.63, 3.8) is 0 Å². The van der Waals surface area contributed by atoms with Gasteiger partial charge >= 0.3 is 5.97 Å². The molecule has 0 saturated carbocycles. The van der Waals surface area contributed by atoms with Gasteiger partial charge < -0.3 is 14.2 Å². The van der Waals surface area contributed by atoms with E-state index in [2.05, 4.69) is 11.8 Å². The first-order valence-electron chi connectivity index (χ1n) is 8.60. The Kier molecular flexibility index (Phi) is 13.3. The first kappa shape index (κ1) is 22.3. The third kappa shape index (κ3) is 12.4. The molecule has 0 fully saturated rings. The second-order valence-electron chi connectivity index (χ2n) is 6.04. The quantitative estimate of drug-likeness (QED) is 0.161. The molecule has 0 bridgehead atoms. The van der Waals surface area contributed by atoms with Crippen LogP contribution in [0.5, 0.6) is 0 Å². The summed E-state index contributed by atoms with van der Waals surface area (Å²) < 4.78 is 15.8. The third-order valence-corrected chi connectivity index (χ3v) is 3.77. The van der Waals surface area contributed by atoms with Gasteiger partial charge in [0, 0.05) is 20.5 Å². The smallest absolute Gasteiger partial charge is 0.302 e. The van der Waals surface area contributed by atoms with Crippen molar-refractivity contribution in [3.8, 4) is 0 Å². The van der Waals surface area contributed by atoms with Gasteiger partial charge in [-0.15, -0.1) is 0 Å². The Morgan fingerprint density at radius 1 is 1.13 bits per heavy atom. The van der Waals surface area contributed by atoms with Crippen molar-refractivity contribution >= 4 is 5.97 Å². The molecule has 0 aromatic rings. The maximum absolute atomic E-state index is 11.2. The van der Waals surface area contributed by atoms with E-state index >= 15 is 0 Å². The van der Waals surface area contributed by atoms with Crippen LogP contribution in [0.2, 0.25) is 0 Å². The monoisotopic (exact) mass is 334 g/mol. The fourth-order valence-electron chi connectivity index (χ4n) is 2.38. The predicted octanol–water partition coefficient (Wildman–Crippen LogP) is 3.93. The van der Waals surface area contributed by atoms with E-state index in [1.807, 2.05) is 0 Å². The number of carbonyl (C=O) groups excluding carboxylic acids is 1. The first-order valence-corrected chi connectivity index (χ1v) is 8.60. The summed E-state index contributed by atoms with van der Waals surface area (Å²) in [6.07, 6.45) is 7.49. The SMILES string of the molecule is CCCCCCCC(CCC(C)(OO)OCCOC)OC(C)=O. The molecule has 0 aromatic carbocycles. The summed E-state index contributed by atoms with van der Waals surface area (Å²) in [5.41, 5.74) is 0. The Balaban J connectivity index is 4.25. The largest absolute Gasteiger partial charge is 0.463 e. The second kappa shape index (κ2) is 13.7. The van der Waals surface area contributed by atoms with Crippen molar-refractivity contribution < 1.29 is 29.1 Å². The lowest BCUT2D eigenvalue weighted by molar-refractivity contribution is -0.401. The van der Waals surface area contributed by atoms with Crippen LogP contribution in [0.3, 0.4) is 0 Å². The predicted molar refractivity (Wildman–Crippen MR) is 88.1 cm³/mol. The summed E-state index contributed by atoms with van der Waals surface area (Å²) in [6, 6.07) is 0. The minimum absolute atomic E-state index is 0.172. The molecule has 0 aliphatic carbocycles. The van der Waals surface area contributed by atoms with Gasteiger partial charge in [0.2, 0.25) is 0 Å². The van der Waals surface area contributed by atoms with E-state index in [1.54, 1.807) is 14.0 Å². The highest BCUT2D eigenvalue weighted by Crippen LogP contribution is 2.23. The Morgan fingerprint density at radius 2 is 1.83 bits per heavy atom. The van der Waals surface area contributed by atoms with Crippen LogP contribution in [0.4, 0.5) is 0 Å². The molecule has 1 N–H and O–H groups in total. The highest BCUT2D eigenvalue weighted by molar-refractivity contribution is 5.66. The molecule has 138 valence electrons. The molecule has 0 spiro atoms. The third-order valence-electron chi connectivity index (χ3n) is 3.77. The van der Waals surface area contributed by atoms with E-state index in [-0.39, 0.29) is 12.1 Å². The molecular formula is C17H34O6. The summed E-state index contributed by atoms with van der Waals surface area (Å²) >= 11 is 0. The lowest BCUT2D eigenvalue weighted by Crippen LogP contribution is -2.34. The number of esters is 1. The molecule has 2 unspecified atom stereocenters. The minimum Gasteiger partial charge on any atom is -0.463 e. The second-order valence-corrected chi connectivity index (χ2v) is 6.04. The van der Waals surface area contributed by atoms with Crippen LogP contribution in [0, 0.1) is 0 Å². The van der Waals surface area contributed by atoms with E-state index in [1.165, 1.54) is 26.2 Å². The van der Waals surface area contributed by atoms with E-state index in [0.717, 1.165) is 19.3 Å². The lowest BCUT2D eigenvalue weighted by atomic mass is 10.0. The lowest BCUT2D eigenvalue weighted by Gasteiger charge is -2.28. The molecule has 0 saturated heterocycles. The zero-order chi connectivity index (χ0) is 17.6. The normalized spacial score (nSPS) is 15.2. The highest BCUT2D eigenvalue weighted by atomic mass is 17.1. The fourth-order valence-corrected chi connectivity index (χ4v) is 2.38. The van der Waals surface area contributed by atoms with Crippen molar-refractivity contribution in [1.82, 2.24) is 0 Å². The summed E-state index contributed by atoms with van der Waals surface area (Å²) in [4.78, 5) is 15.7. The zero-order valence-electron chi connectivity index (χ0n) is 15.1. The van der Waals surface area contributed by atoms with Gasteiger partial charge in [-0.05, 0) is 26.2 Å². The Labute approximate surface area is 140 Å². The van der Waals surface area contributed by atoms with E-state index in [0.29, 0.717) is 26.1 Å². The van der Waals surface area contributed by atoms with Crippen LogP contribution in [-0.4, -0.2) is 43.4 Å². The standard InChI is InChI=1S/C17H34O6/c1-5-6-7-8-9-10-16(22-15(2)18)11-12-17(3,23-19)21-14-13-20-4/h16,19H,5-14H2,1-4H3. The molecular weight excluding hydrogens is 300 g/mol. The number of hydrogen-bond acceptors (Lipinski definition) is 6. The van der Waals surface area contributed by atoms with Crippen molar-refractivity contribution in [2.24, 2.45) is 0 Å². The fraction of sp³-hybridized carbons (Fsp3) is 0.941. The van der Waals surface area contributed by atoms with Gasteiger partial charge in [-0.3, -0.25) is 4.79 Å². The summed E-state index contributed by atoms with van der Waals surface area (Å²) in [5.74, 6) is -1.39. The number of carbonyl (C=O) groups is 1. The van der Waals surface area contributed by atoms with Crippen molar-refractivity contribution in [2.45, 2.75) is 84.0 Å². The molecule has 0 aromatic heterocycles. The average Bonchev–Trinajstić information content (AvgIpc) is 2.52. The van der Waals surface area contributed by atoms with E-state index in [9.17, 15) is 4.79 Å². The van der Waals surface area contributed by atoms with Crippen LogP contribution in [0.15, 0.2) is 0 Å². The maximum atomic E-state index is 11.2. The maximum Gasteiger partial charge on any atom is 0.302 e. The molecule has 0 heterocycles. The number of rotatable bonds is 15. The van der Waals surface area contributed by atoms with Crippen LogP contribution < -0.4 is 0 Å². The van der Waals surface area contributed by atoms with Gasteiger partial charge in [0.1, 0.15) is 6.10 Å². The minimum atomic E-state index is -1.11. The molecule has 6 nitrogen and oxygen atoms in total. The molecule has 0 amide bonds. The molecule has 0 aliphatic rings. The van der Waals surface area contributed by atoms with Gasteiger partial charge in [-0.25, -0.2) is 10.1 Å².